The van der Waals surface area contributed by atoms with Crippen LogP contribution in [0.1, 0.15) is 24.0 Å². The van der Waals surface area contributed by atoms with Gasteiger partial charge in [0, 0.05) is 26.1 Å². The first-order valence-electron chi connectivity index (χ1n) is 8.36. The third kappa shape index (κ3) is 6.93. The van der Waals surface area contributed by atoms with Gasteiger partial charge in [0.2, 0.25) is 0 Å². The lowest BCUT2D eigenvalue weighted by Crippen LogP contribution is -2.39. The highest BCUT2D eigenvalue weighted by Crippen LogP contribution is 2.10. The number of carbonyl (C=O) groups excluding carboxylic acids is 1. The molecule has 2 aromatic rings. The minimum atomic E-state index is -0.196. The summed E-state index contributed by atoms with van der Waals surface area (Å²) >= 11 is 5.58. The van der Waals surface area contributed by atoms with Crippen LogP contribution < -0.4 is 5.32 Å². The molecule has 0 spiro atoms. The van der Waals surface area contributed by atoms with Crippen LogP contribution in [0, 0.1) is 0 Å². The average molecular weight is 356 g/mol. The van der Waals surface area contributed by atoms with Gasteiger partial charge in [-0.2, -0.15) is 0 Å². The molecule has 0 heterocycles. The molecule has 5 heteroatoms. The maximum Gasteiger partial charge on any atom is 0.305 e. The fourth-order valence-electron chi connectivity index (χ4n) is 2.45. The summed E-state index contributed by atoms with van der Waals surface area (Å²) in [5, 5.41) is 3.94. The Balaban J connectivity index is 1.95. The van der Waals surface area contributed by atoms with Gasteiger partial charge in [-0.3, -0.25) is 4.79 Å². The van der Waals surface area contributed by atoms with Gasteiger partial charge in [0.1, 0.15) is 0 Å². The van der Waals surface area contributed by atoms with Gasteiger partial charge in [-0.25, -0.2) is 0 Å². The van der Waals surface area contributed by atoms with E-state index < -0.39 is 0 Å². The predicted molar refractivity (Wildman–Crippen MR) is 104 cm³/mol. The van der Waals surface area contributed by atoms with Crippen molar-refractivity contribution in [2.45, 2.75) is 25.9 Å². The van der Waals surface area contributed by atoms with E-state index in [0.717, 1.165) is 13.1 Å². The zero-order valence-corrected chi connectivity index (χ0v) is 15.3. The fraction of sp³-hybridized carbons (Fsp3) is 0.300. The van der Waals surface area contributed by atoms with Crippen molar-refractivity contribution in [1.82, 2.24) is 10.2 Å². The lowest BCUT2D eigenvalue weighted by atomic mass is 10.2. The van der Waals surface area contributed by atoms with Crippen LogP contribution in [0.25, 0.3) is 0 Å². The molecule has 0 aliphatic rings. The van der Waals surface area contributed by atoms with Gasteiger partial charge in [0.15, 0.2) is 5.11 Å². The second-order valence-corrected chi connectivity index (χ2v) is 6.13. The Morgan fingerprint density at radius 2 is 1.52 bits per heavy atom. The molecular formula is C20H24N2O2S. The Bertz CT molecular complexity index is 620. The van der Waals surface area contributed by atoms with Crippen molar-refractivity contribution < 1.29 is 9.53 Å². The number of hydrogen-bond donors (Lipinski definition) is 1. The molecule has 0 aliphatic carbocycles. The molecule has 25 heavy (non-hydrogen) atoms. The molecule has 0 fully saturated rings. The molecule has 0 radical (unpaired) electrons. The van der Waals surface area contributed by atoms with Crippen molar-refractivity contribution in [2.75, 3.05) is 13.7 Å². The molecule has 0 amide bonds. The largest absolute Gasteiger partial charge is 0.469 e. The number of carbonyl (C=O) groups is 1. The summed E-state index contributed by atoms with van der Waals surface area (Å²) in [6, 6.07) is 20.5. The maximum absolute atomic E-state index is 11.2. The quantitative estimate of drug-likeness (QED) is 0.445. The summed E-state index contributed by atoms with van der Waals surface area (Å²) in [6.07, 6.45) is 1.08. The summed E-state index contributed by atoms with van der Waals surface area (Å²) in [4.78, 5) is 13.3. The first kappa shape index (κ1) is 18.9. The van der Waals surface area contributed by atoms with E-state index in [2.05, 4.69) is 39.2 Å². The van der Waals surface area contributed by atoms with E-state index in [1.165, 1.54) is 18.2 Å². The molecule has 0 saturated heterocycles. The summed E-state index contributed by atoms with van der Waals surface area (Å²) in [7, 11) is 1.40. The van der Waals surface area contributed by atoms with Crippen LogP contribution in [-0.2, 0) is 22.6 Å². The van der Waals surface area contributed by atoms with Crippen molar-refractivity contribution in [3.63, 3.8) is 0 Å². The normalized spacial score (nSPS) is 10.1. The highest BCUT2D eigenvalue weighted by molar-refractivity contribution is 7.80. The van der Waals surface area contributed by atoms with Crippen LogP contribution in [0.4, 0.5) is 0 Å². The SMILES string of the molecule is COC(=O)CCCNC(=S)N(Cc1ccccc1)Cc1ccccc1. The molecule has 1 N–H and O–H groups in total. The van der Waals surface area contributed by atoms with Gasteiger partial charge < -0.3 is 15.0 Å². The van der Waals surface area contributed by atoms with Crippen LogP contribution >= 0.6 is 12.2 Å². The molecule has 0 unspecified atom stereocenters. The van der Waals surface area contributed by atoms with E-state index in [-0.39, 0.29) is 5.97 Å². The third-order valence-corrected chi connectivity index (χ3v) is 4.18. The zero-order chi connectivity index (χ0) is 17.9. The summed E-state index contributed by atoms with van der Waals surface area (Å²) in [5.41, 5.74) is 2.41. The molecule has 4 nitrogen and oxygen atoms in total. The molecule has 0 bridgehead atoms. The Morgan fingerprint density at radius 3 is 2.00 bits per heavy atom. The van der Waals surface area contributed by atoms with Gasteiger partial charge >= 0.3 is 5.97 Å². The Labute approximate surface area is 154 Å². The van der Waals surface area contributed by atoms with Gasteiger partial charge in [0.05, 0.1) is 7.11 Å². The van der Waals surface area contributed by atoms with Crippen LogP contribution in [0.2, 0.25) is 0 Å². The number of rotatable bonds is 8. The monoisotopic (exact) mass is 356 g/mol. The van der Waals surface area contributed by atoms with E-state index in [1.807, 2.05) is 36.4 Å². The van der Waals surface area contributed by atoms with E-state index in [0.29, 0.717) is 24.5 Å². The molecule has 0 saturated carbocycles. The smallest absolute Gasteiger partial charge is 0.305 e. The van der Waals surface area contributed by atoms with Gasteiger partial charge in [0.25, 0.3) is 0 Å². The van der Waals surface area contributed by atoms with Crippen LogP contribution in [0.15, 0.2) is 60.7 Å². The molecule has 132 valence electrons. The van der Waals surface area contributed by atoms with Crippen LogP contribution in [-0.4, -0.2) is 29.6 Å². The van der Waals surface area contributed by atoms with Gasteiger partial charge in [-0.1, -0.05) is 60.7 Å². The molecule has 0 aromatic heterocycles. The van der Waals surface area contributed by atoms with E-state index in [4.69, 9.17) is 12.2 Å². The van der Waals surface area contributed by atoms with Crippen molar-refractivity contribution in [3.05, 3.63) is 71.8 Å². The average Bonchev–Trinajstić information content (AvgIpc) is 2.66. The van der Waals surface area contributed by atoms with Crippen molar-refractivity contribution in [3.8, 4) is 0 Å². The number of benzene rings is 2. The lowest BCUT2D eigenvalue weighted by Gasteiger charge is -2.26. The zero-order valence-electron chi connectivity index (χ0n) is 14.5. The molecule has 2 aromatic carbocycles. The lowest BCUT2D eigenvalue weighted by molar-refractivity contribution is -0.140. The number of nitrogens with zero attached hydrogens (tertiary/aromatic N) is 1. The summed E-state index contributed by atoms with van der Waals surface area (Å²) in [6.45, 7) is 2.12. The van der Waals surface area contributed by atoms with E-state index >= 15 is 0 Å². The Morgan fingerprint density at radius 1 is 1.00 bits per heavy atom. The highest BCUT2D eigenvalue weighted by Gasteiger charge is 2.11. The second kappa shape index (κ2) is 10.5. The van der Waals surface area contributed by atoms with Crippen molar-refractivity contribution in [2.24, 2.45) is 0 Å². The Kier molecular flexibility index (Phi) is 7.92. The number of thiocarbonyl (C=S) groups is 1. The Hall–Kier alpha value is -2.40. The number of nitrogens with one attached hydrogen (secondary N) is 1. The first-order valence-corrected chi connectivity index (χ1v) is 8.77. The van der Waals surface area contributed by atoms with Crippen molar-refractivity contribution >= 4 is 23.3 Å². The molecular weight excluding hydrogens is 332 g/mol. The number of esters is 1. The van der Waals surface area contributed by atoms with E-state index in [9.17, 15) is 4.79 Å². The minimum Gasteiger partial charge on any atom is -0.469 e. The standard InChI is InChI=1S/C20H24N2O2S/c1-24-19(23)13-8-14-21-20(25)22(15-17-9-4-2-5-10-17)16-18-11-6-3-7-12-18/h2-7,9-12H,8,13-16H2,1H3,(H,21,25). The summed E-state index contributed by atoms with van der Waals surface area (Å²) < 4.78 is 4.65. The molecule has 2 rings (SSSR count). The van der Waals surface area contributed by atoms with Gasteiger partial charge in [-0.05, 0) is 29.8 Å². The first-order chi connectivity index (χ1) is 12.2. The van der Waals surface area contributed by atoms with Crippen LogP contribution in [0.5, 0.6) is 0 Å². The van der Waals surface area contributed by atoms with Crippen molar-refractivity contribution in [1.29, 1.82) is 0 Å². The predicted octanol–water partition coefficient (Wildman–Crippen LogP) is 3.52. The number of methoxy groups -OCH3 is 1. The second-order valence-electron chi connectivity index (χ2n) is 5.74. The maximum atomic E-state index is 11.2. The molecule has 0 atom stereocenters. The third-order valence-electron chi connectivity index (χ3n) is 3.78. The number of hydrogen-bond acceptors (Lipinski definition) is 3. The summed E-state index contributed by atoms with van der Waals surface area (Å²) in [5.74, 6) is -0.196. The van der Waals surface area contributed by atoms with Crippen LogP contribution in [0.3, 0.4) is 0 Å². The minimum absolute atomic E-state index is 0.196. The molecule has 0 aliphatic heterocycles. The number of ether oxygens (including phenoxy) is 1. The van der Waals surface area contributed by atoms with E-state index in [1.54, 1.807) is 0 Å². The fourth-order valence-corrected chi connectivity index (χ4v) is 2.68. The van der Waals surface area contributed by atoms with Gasteiger partial charge in [-0.15, -0.1) is 0 Å². The topological polar surface area (TPSA) is 41.6 Å². The highest BCUT2D eigenvalue weighted by atomic mass is 32.1.